The van der Waals surface area contributed by atoms with Crippen LogP contribution in [0.5, 0.6) is 0 Å². The zero-order valence-corrected chi connectivity index (χ0v) is 17.6. The normalized spacial score (nSPS) is 22.2. The fraction of sp³-hybridized carbons (Fsp3) is 0.765. The number of nitrogens with zero attached hydrogens (tertiary/aromatic N) is 2. The highest BCUT2D eigenvalue weighted by molar-refractivity contribution is 7.89. The number of amides is 1. The van der Waals surface area contributed by atoms with Gasteiger partial charge < -0.3 is 15.4 Å². The molecule has 1 atom stereocenters. The minimum Gasteiger partial charge on any atom is -0.377 e. The quantitative estimate of drug-likeness (QED) is 0.529. The number of ether oxygens (including phenoxy) is 1. The number of aromatic nitrogens is 2. The van der Waals surface area contributed by atoms with Crippen LogP contribution in [0, 0.1) is 0 Å². The second kappa shape index (κ2) is 10.5. The van der Waals surface area contributed by atoms with Crippen molar-refractivity contribution < 1.29 is 17.9 Å². The van der Waals surface area contributed by atoms with E-state index in [1.165, 1.54) is 0 Å². The number of halogens is 1. The zero-order chi connectivity index (χ0) is 19.2. The second-order valence-corrected chi connectivity index (χ2v) is 9.07. The van der Waals surface area contributed by atoms with Gasteiger partial charge in [-0.25, -0.2) is 13.1 Å². The van der Waals surface area contributed by atoms with E-state index in [0.29, 0.717) is 39.1 Å². The number of carbonyl (C=O) groups excluding carboxylic acids is 1. The summed E-state index contributed by atoms with van der Waals surface area (Å²) in [5, 5.41) is 10.3. The molecule has 9 nitrogen and oxygen atoms in total. The third-order valence-electron chi connectivity index (χ3n) is 5.26. The molecule has 3 N–H and O–H groups in total. The maximum Gasteiger partial charge on any atom is 0.248 e. The van der Waals surface area contributed by atoms with Gasteiger partial charge in [-0.15, -0.1) is 12.4 Å². The lowest BCUT2D eigenvalue weighted by molar-refractivity contribution is -0.131. The molecule has 1 aromatic heterocycles. The molecule has 0 aromatic carbocycles. The Labute approximate surface area is 172 Å². The van der Waals surface area contributed by atoms with Crippen LogP contribution >= 0.6 is 12.4 Å². The summed E-state index contributed by atoms with van der Waals surface area (Å²) in [5.74, 6) is -0.336. The number of nitrogens with one attached hydrogen (secondary N) is 3. The van der Waals surface area contributed by atoms with Gasteiger partial charge in [-0.1, -0.05) is 0 Å². The first-order chi connectivity index (χ1) is 13.0. The van der Waals surface area contributed by atoms with Gasteiger partial charge in [-0.3, -0.25) is 9.48 Å². The number of hydrogen-bond donors (Lipinski definition) is 3. The summed E-state index contributed by atoms with van der Waals surface area (Å²) >= 11 is 0. The van der Waals surface area contributed by atoms with E-state index in [2.05, 4.69) is 20.5 Å². The molecule has 0 aliphatic carbocycles. The molecule has 2 fully saturated rings. The van der Waals surface area contributed by atoms with Crippen LogP contribution in [0.2, 0.25) is 0 Å². The Hall–Kier alpha value is -1.20. The Morgan fingerprint density at radius 2 is 2.11 bits per heavy atom. The summed E-state index contributed by atoms with van der Waals surface area (Å²) in [4.78, 5) is 12.9. The molecule has 1 unspecified atom stereocenters. The van der Waals surface area contributed by atoms with Crippen LogP contribution in [-0.4, -0.2) is 68.7 Å². The first-order valence-electron chi connectivity index (χ1n) is 9.60. The van der Waals surface area contributed by atoms with E-state index in [4.69, 9.17) is 4.74 Å². The van der Waals surface area contributed by atoms with Crippen molar-refractivity contribution in [2.75, 3.05) is 38.5 Å². The van der Waals surface area contributed by atoms with Crippen LogP contribution in [0.15, 0.2) is 18.5 Å². The predicted octanol–water partition coefficient (Wildman–Crippen LogP) is -0.0117. The number of carbonyl (C=O) groups is 1. The molecule has 1 amide bonds. The van der Waals surface area contributed by atoms with E-state index in [-0.39, 0.29) is 36.7 Å². The van der Waals surface area contributed by atoms with Crippen LogP contribution < -0.4 is 15.4 Å². The topological polar surface area (TPSA) is 114 Å². The molecule has 0 saturated carbocycles. The lowest BCUT2D eigenvalue weighted by Gasteiger charge is -2.36. The zero-order valence-electron chi connectivity index (χ0n) is 15.9. The summed E-state index contributed by atoms with van der Waals surface area (Å²) < 4.78 is 34.2. The van der Waals surface area contributed by atoms with Gasteiger partial charge in [0.15, 0.2) is 0 Å². The molecule has 3 heterocycles. The van der Waals surface area contributed by atoms with Gasteiger partial charge in [0.1, 0.15) is 5.54 Å². The Morgan fingerprint density at radius 1 is 1.32 bits per heavy atom. The highest BCUT2D eigenvalue weighted by Gasteiger charge is 2.41. The SMILES string of the molecule is Cl.O=C(NCCS(=O)(=O)NCC1CCCCO1)C1(n2cccn2)CCNCC1. The monoisotopic (exact) mass is 435 g/mol. The molecular weight excluding hydrogens is 406 g/mol. The van der Waals surface area contributed by atoms with E-state index in [0.717, 1.165) is 19.3 Å². The first kappa shape index (κ1) is 23.1. The van der Waals surface area contributed by atoms with Crippen LogP contribution in [-0.2, 0) is 25.1 Å². The van der Waals surface area contributed by atoms with Gasteiger partial charge in [-0.05, 0) is 51.3 Å². The first-order valence-corrected chi connectivity index (χ1v) is 11.3. The van der Waals surface area contributed by atoms with E-state index in [1.54, 1.807) is 23.1 Å². The molecule has 2 saturated heterocycles. The smallest absolute Gasteiger partial charge is 0.248 e. The average molecular weight is 436 g/mol. The average Bonchev–Trinajstić information content (AvgIpc) is 3.23. The summed E-state index contributed by atoms with van der Waals surface area (Å²) in [6, 6.07) is 1.79. The van der Waals surface area contributed by atoms with E-state index >= 15 is 0 Å². The fourth-order valence-corrected chi connectivity index (χ4v) is 4.60. The molecule has 11 heteroatoms. The maximum absolute atomic E-state index is 12.9. The minimum atomic E-state index is -3.46. The van der Waals surface area contributed by atoms with Crippen LogP contribution in [0.25, 0.3) is 0 Å². The van der Waals surface area contributed by atoms with Crippen molar-refractivity contribution in [2.45, 2.75) is 43.7 Å². The van der Waals surface area contributed by atoms with Gasteiger partial charge in [0.2, 0.25) is 15.9 Å². The molecule has 2 aliphatic rings. The van der Waals surface area contributed by atoms with E-state index in [1.807, 2.05) is 0 Å². The van der Waals surface area contributed by atoms with Crippen molar-refractivity contribution in [3.63, 3.8) is 0 Å². The van der Waals surface area contributed by atoms with Crippen LogP contribution in [0.1, 0.15) is 32.1 Å². The van der Waals surface area contributed by atoms with Crippen molar-refractivity contribution in [1.82, 2.24) is 25.1 Å². The molecule has 0 bridgehead atoms. The van der Waals surface area contributed by atoms with Crippen LogP contribution in [0.3, 0.4) is 0 Å². The maximum atomic E-state index is 12.9. The van der Waals surface area contributed by atoms with Gasteiger partial charge in [-0.2, -0.15) is 5.10 Å². The summed E-state index contributed by atoms with van der Waals surface area (Å²) in [5.41, 5.74) is -0.762. The molecular formula is C17H30ClN5O4S. The Kier molecular flexibility index (Phi) is 8.69. The standard InChI is InChI=1S/C17H29N5O4S.ClH/c23-16(17(5-8-18-9-6-17)22-11-3-7-20-22)19-10-13-27(24,25)21-14-15-4-1-2-12-26-15;/h3,7,11,15,18,21H,1-2,4-6,8-10,12-14H2,(H,19,23);1H. The highest BCUT2D eigenvalue weighted by Crippen LogP contribution is 2.27. The number of hydrogen-bond acceptors (Lipinski definition) is 6. The van der Waals surface area contributed by atoms with E-state index in [9.17, 15) is 13.2 Å². The third kappa shape index (κ3) is 5.90. The minimum absolute atomic E-state index is 0. The van der Waals surface area contributed by atoms with Crippen molar-refractivity contribution in [1.29, 1.82) is 0 Å². The number of rotatable bonds is 8. The van der Waals surface area contributed by atoms with Crippen molar-refractivity contribution >= 4 is 28.3 Å². The largest absolute Gasteiger partial charge is 0.377 e. The van der Waals surface area contributed by atoms with Crippen molar-refractivity contribution in [2.24, 2.45) is 0 Å². The molecule has 28 heavy (non-hydrogen) atoms. The van der Waals surface area contributed by atoms with Gasteiger partial charge >= 0.3 is 0 Å². The van der Waals surface area contributed by atoms with Crippen molar-refractivity contribution in [3.8, 4) is 0 Å². The Balaban J connectivity index is 0.00000280. The Morgan fingerprint density at radius 3 is 2.75 bits per heavy atom. The molecule has 160 valence electrons. The Bertz CT molecular complexity index is 701. The molecule has 0 radical (unpaired) electrons. The van der Waals surface area contributed by atoms with Crippen molar-refractivity contribution in [3.05, 3.63) is 18.5 Å². The summed E-state index contributed by atoms with van der Waals surface area (Å²) in [6.45, 7) is 2.48. The molecule has 3 rings (SSSR count). The third-order valence-corrected chi connectivity index (χ3v) is 6.61. The molecule has 1 aromatic rings. The lowest BCUT2D eigenvalue weighted by Crippen LogP contribution is -2.55. The number of piperidine rings is 1. The van der Waals surface area contributed by atoms with Gasteiger partial charge in [0, 0.05) is 32.1 Å². The van der Waals surface area contributed by atoms with Gasteiger partial charge in [0.05, 0.1) is 11.9 Å². The fourth-order valence-electron chi connectivity index (χ4n) is 3.65. The highest BCUT2D eigenvalue weighted by atomic mass is 35.5. The lowest BCUT2D eigenvalue weighted by atomic mass is 9.87. The van der Waals surface area contributed by atoms with Gasteiger partial charge in [0.25, 0.3) is 0 Å². The predicted molar refractivity (Wildman–Crippen MR) is 108 cm³/mol. The molecule has 0 spiro atoms. The number of sulfonamides is 1. The van der Waals surface area contributed by atoms with E-state index < -0.39 is 15.6 Å². The second-order valence-electron chi connectivity index (χ2n) is 7.14. The summed E-state index contributed by atoms with van der Waals surface area (Å²) in [6.07, 6.45) is 7.58. The summed E-state index contributed by atoms with van der Waals surface area (Å²) in [7, 11) is -3.46. The van der Waals surface area contributed by atoms with Crippen LogP contribution in [0.4, 0.5) is 0 Å². The molecule has 2 aliphatic heterocycles.